The molecule has 0 radical (unpaired) electrons. The number of aromatic hydroxyl groups is 1. The summed E-state index contributed by atoms with van der Waals surface area (Å²) in [4.78, 5) is 17.8. The number of hydrogen-bond donors (Lipinski definition) is 3. The number of amidine groups is 1. The van der Waals surface area contributed by atoms with Crippen molar-refractivity contribution in [2.24, 2.45) is 4.99 Å². The smallest absolute Gasteiger partial charge is 0.416 e. The quantitative estimate of drug-likeness (QED) is 0.412. The van der Waals surface area contributed by atoms with Gasteiger partial charge in [0.25, 0.3) is 0 Å². The van der Waals surface area contributed by atoms with E-state index < -0.39 is 23.2 Å². The summed E-state index contributed by atoms with van der Waals surface area (Å²) in [5.41, 5.74) is 0.307. The van der Waals surface area contributed by atoms with E-state index >= 15 is 0 Å². The monoisotopic (exact) mass is 499 g/mol. The molecule has 0 saturated carbocycles. The van der Waals surface area contributed by atoms with Crippen molar-refractivity contribution in [3.8, 4) is 5.75 Å². The van der Waals surface area contributed by atoms with Gasteiger partial charge in [-0.25, -0.2) is 4.79 Å². The van der Waals surface area contributed by atoms with Crippen LogP contribution in [0.1, 0.15) is 34.0 Å². The van der Waals surface area contributed by atoms with E-state index in [0.717, 1.165) is 12.1 Å². The second kappa shape index (κ2) is 9.03. The molecule has 3 N–H and O–H groups in total. The molecule has 1 aliphatic rings. The minimum atomic E-state index is -4.42. The molecule has 10 heteroatoms. The van der Waals surface area contributed by atoms with Crippen molar-refractivity contribution in [2.75, 3.05) is 4.90 Å². The van der Waals surface area contributed by atoms with Gasteiger partial charge in [0.1, 0.15) is 17.1 Å². The summed E-state index contributed by atoms with van der Waals surface area (Å²) in [6.07, 6.45) is -4.42. The van der Waals surface area contributed by atoms with Crippen LogP contribution >= 0.6 is 12.2 Å². The predicted octanol–water partition coefficient (Wildman–Crippen LogP) is 5.32. The molecule has 3 aromatic carbocycles. The number of thiocarbonyl (C=S) groups is 1. The van der Waals surface area contributed by atoms with E-state index in [9.17, 15) is 28.2 Å². The van der Waals surface area contributed by atoms with Gasteiger partial charge in [0.05, 0.1) is 17.7 Å². The Balaban J connectivity index is 1.75. The number of carbonyl (C=O) groups is 1. The molecule has 0 aliphatic carbocycles. The van der Waals surface area contributed by atoms with Crippen molar-refractivity contribution in [3.63, 3.8) is 0 Å². The maximum absolute atomic E-state index is 12.9. The maximum atomic E-state index is 12.9. The first-order valence-electron chi connectivity index (χ1n) is 10.5. The molecule has 4 rings (SSSR count). The van der Waals surface area contributed by atoms with Gasteiger partial charge in [0, 0.05) is 5.69 Å². The van der Waals surface area contributed by atoms with E-state index in [1.54, 1.807) is 29.2 Å². The summed E-state index contributed by atoms with van der Waals surface area (Å²) < 4.78 is 38.6. The molecule has 0 aromatic heterocycles. The fraction of sp³-hybridized carbons (Fsp3) is 0.160. The van der Waals surface area contributed by atoms with Gasteiger partial charge >= 0.3 is 12.1 Å². The molecule has 6 nitrogen and oxygen atoms in total. The minimum absolute atomic E-state index is 0.0792. The van der Waals surface area contributed by atoms with Gasteiger partial charge in [-0.2, -0.15) is 13.2 Å². The summed E-state index contributed by atoms with van der Waals surface area (Å²) in [6.45, 7) is 1.95. The maximum Gasteiger partial charge on any atom is 0.416 e. The molecule has 35 heavy (non-hydrogen) atoms. The molecule has 1 heterocycles. The van der Waals surface area contributed by atoms with Gasteiger partial charge in [-0.05, 0) is 78.8 Å². The van der Waals surface area contributed by atoms with Crippen LogP contribution in [0.15, 0.2) is 77.8 Å². The Hall–Kier alpha value is -3.92. The zero-order valence-electron chi connectivity index (χ0n) is 18.4. The van der Waals surface area contributed by atoms with Crippen LogP contribution in [0, 0.1) is 0 Å². The van der Waals surface area contributed by atoms with Gasteiger partial charge < -0.3 is 20.4 Å². The molecule has 0 bridgehead atoms. The first kappa shape index (κ1) is 24.2. The Kier molecular flexibility index (Phi) is 6.25. The Labute approximate surface area is 204 Å². The average Bonchev–Trinajstić information content (AvgIpc) is 3.08. The Morgan fingerprint density at radius 2 is 1.63 bits per heavy atom. The van der Waals surface area contributed by atoms with Gasteiger partial charge in [-0.15, -0.1) is 0 Å². The van der Waals surface area contributed by atoms with E-state index in [1.165, 1.54) is 36.4 Å². The fourth-order valence-corrected chi connectivity index (χ4v) is 4.32. The summed E-state index contributed by atoms with van der Waals surface area (Å²) in [7, 11) is 0. The van der Waals surface area contributed by atoms with E-state index in [1.807, 2.05) is 6.92 Å². The molecule has 3 aromatic rings. The van der Waals surface area contributed by atoms with Crippen LogP contribution in [-0.2, 0) is 18.3 Å². The molecule has 180 valence electrons. The third kappa shape index (κ3) is 4.69. The standard InChI is InChI=1S/C25H20F3N3O3S/c1-24(17-8-4-16(5-9-17)21(33)34)22(29-14-15-2-6-18(7-3-15)25(26,27)28)30-23(35)31(24)19-10-12-20(32)13-11-19/h2-13,32H,14H2,1H3,(H,33,34)(H,29,30,35). The second-order valence-corrected chi connectivity index (χ2v) is 8.48. The lowest BCUT2D eigenvalue weighted by atomic mass is 9.88. The van der Waals surface area contributed by atoms with Crippen molar-refractivity contribution in [2.45, 2.75) is 25.2 Å². The molecule has 1 aliphatic heterocycles. The van der Waals surface area contributed by atoms with Crippen LogP contribution < -0.4 is 10.2 Å². The molecule has 1 saturated heterocycles. The number of carboxylic acids is 1. The average molecular weight is 500 g/mol. The Morgan fingerprint density at radius 1 is 1.03 bits per heavy atom. The van der Waals surface area contributed by atoms with Crippen molar-refractivity contribution < 1.29 is 28.2 Å². The van der Waals surface area contributed by atoms with Crippen molar-refractivity contribution in [1.29, 1.82) is 0 Å². The highest BCUT2D eigenvalue weighted by molar-refractivity contribution is 7.80. The lowest BCUT2D eigenvalue weighted by Crippen LogP contribution is -2.44. The number of carboxylic acid groups (broad SMARTS) is 1. The predicted molar refractivity (Wildman–Crippen MR) is 130 cm³/mol. The van der Waals surface area contributed by atoms with Crippen molar-refractivity contribution >= 4 is 34.8 Å². The first-order valence-corrected chi connectivity index (χ1v) is 10.9. The second-order valence-electron chi connectivity index (χ2n) is 8.10. The van der Waals surface area contributed by atoms with E-state index in [0.29, 0.717) is 27.8 Å². The summed E-state index contributed by atoms with van der Waals surface area (Å²) in [5.74, 6) is -0.539. The highest BCUT2D eigenvalue weighted by Crippen LogP contribution is 2.39. The largest absolute Gasteiger partial charge is 0.508 e. The molecule has 1 fully saturated rings. The highest BCUT2D eigenvalue weighted by Gasteiger charge is 2.47. The molecular weight excluding hydrogens is 479 g/mol. The zero-order valence-corrected chi connectivity index (χ0v) is 19.2. The number of rotatable bonds is 5. The number of halogens is 3. The molecule has 0 spiro atoms. The molecule has 0 amide bonds. The number of hydrogen-bond acceptors (Lipinski definition) is 4. The Bertz CT molecular complexity index is 1290. The molecule has 1 unspecified atom stereocenters. The third-order valence-electron chi connectivity index (χ3n) is 5.84. The van der Waals surface area contributed by atoms with Crippen LogP contribution in [-0.4, -0.2) is 27.1 Å². The van der Waals surface area contributed by atoms with Crippen LogP contribution in [0.2, 0.25) is 0 Å². The van der Waals surface area contributed by atoms with Gasteiger partial charge in [-0.3, -0.25) is 4.99 Å². The number of phenolic OH excluding ortho intramolecular Hbond substituents is 1. The van der Waals surface area contributed by atoms with Gasteiger partial charge in [-0.1, -0.05) is 24.3 Å². The summed E-state index contributed by atoms with van der Waals surface area (Å²) in [6, 6.07) is 17.5. The van der Waals surface area contributed by atoms with Crippen LogP contribution in [0.4, 0.5) is 18.9 Å². The lowest BCUT2D eigenvalue weighted by molar-refractivity contribution is -0.137. The van der Waals surface area contributed by atoms with Gasteiger partial charge in [0.15, 0.2) is 5.11 Å². The number of benzene rings is 3. The van der Waals surface area contributed by atoms with Crippen LogP contribution in [0.3, 0.4) is 0 Å². The van der Waals surface area contributed by atoms with Gasteiger partial charge in [0.2, 0.25) is 0 Å². The highest BCUT2D eigenvalue weighted by atomic mass is 32.1. The molecule has 1 atom stereocenters. The summed E-state index contributed by atoms with van der Waals surface area (Å²) in [5, 5.41) is 22.4. The zero-order chi connectivity index (χ0) is 25.4. The number of aromatic carboxylic acids is 1. The number of nitrogens with zero attached hydrogens (tertiary/aromatic N) is 2. The number of aliphatic imine (C=N–C) groups is 1. The minimum Gasteiger partial charge on any atom is -0.508 e. The number of anilines is 1. The fourth-order valence-electron chi connectivity index (χ4n) is 3.93. The van der Waals surface area contributed by atoms with E-state index in [2.05, 4.69) is 10.3 Å². The van der Waals surface area contributed by atoms with Crippen LogP contribution in [0.5, 0.6) is 5.75 Å². The lowest BCUT2D eigenvalue weighted by Gasteiger charge is -2.35. The van der Waals surface area contributed by atoms with Crippen LogP contribution in [0.25, 0.3) is 0 Å². The topological polar surface area (TPSA) is 85.2 Å². The van der Waals surface area contributed by atoms with Crippen molar-refractivity contribution in [1.82, 2.24) is 5.32 Å². The normalized spacial score (nSPS) is 19.1. The Morgan fingerprint density at radius 3 is 2.17 bits per heavy atom. The third-order valence-corrected chi connectivity index (χ3v) is 6.12. The van der Waals surface area contributed by atoms with Crippen molar-refractivity contribution in [3.05, 3.63) is 95.1 Å². The number of nitrogens with one attached hydrogen (secondary N) is 1. The first-order chi connectivity index (χ1) is 16.5. The SMILES string of the molecule is CC1(c2ccc(C(=O)O)cc2)C(=NCc2ccc(C(F)(F)F)cc2)NC(=S)N1c1ccc(O)cc1. The van der Waals surface area contributed by atoms with E-state index in [4.69, 9.17) is 12.2 Å². The number of alkyl halides is 3. The molecular formula is C25H20F3N3O3S. The number of phenols is 1. The van der Waals surface area contributed by atoms with E-state index in [-0.39, 0.29) is 17.9 Å². The summed E-state index contributed by atoms with van der Waals surface area (Å²) >= 11 is 5.59.